The minimum absolute atomic E-state index is 0.0330. The Morgan fingerprint density at radius 1 is 1.43 bits per heavy atom. The van der Waals surface area contributed by atoms with Crippen LogP contribution < -0.4 is 0 Å². The largest absolute Gasteiger partial charge is 0.462 e. The molecule has 0 spiro atoms. The Labute approximate surface area is 123 Å². The topological polar surface area (TPSA) is 38.8 Å². The molecule has 0 saturated carbocycles. The average molecular weight is 311 g/mol. The third-order valence-electron chi connectivity index (χ3n) is 3.62. The zero-order valence-electron chi connectivity index (χ0n) is 12.8. The van der Waals surface area contributed by atoms with Crippen LogP contribution in [0.3, 0.4) is 0 Å². The van der Waals surface area contributed by atoms with Crippen molar-refractivity contribution in [2.75, 3.05) is 33.4 Å². The predicted molar refractivity (Wildman–Crippen MR) is 71.8 cm³/mol. The molecule has 1 fully saturated rings. The first-order chi connectivity index (χ1) is 9.69. The number of nitrogens with zero attached hydrogens (tertiary/aromatic N) is 1. The molecular weight excluding hydrogens is 287 g/mol. The van der Waals surface area contributed by atoms with Crippen LogP contribution in [0.1, 0.15) is 26.7 Å². The number of esters is 1. The van der Waals surface area contributed by atoms with E-state index in [1.54, 1.807) is 0 Å². The van der Waals surface area contributed by atoms with Gasteiger partial charge in [0, 0.05) is 18.9 Å². The molecule has 2 atom stereocenters. The summed E-state index contributed by atoms with van der Waals surface area (Å²) in [6.45, 7) is 4.20. The second-order valence-corrected chi connectivity index (χ2v) is 5.90. The molecule has 1 saturated heterocycles. The van der Waals surface area contributed by atoms with Gasteiger partial charge in [0.1, 0.15) is 6.10 Å². The van der Waals surface area contributed by atoms with E-state index in [0.717, 1.165) is 4.90 Å². The first-order valence-electron chi connectivity index (χ1n) is 7.21. The van der Waals surface area contributed by atoms with E-state index >= 15 is 0 Å². The standard InChI is InChI=1S/C14H24F3NO3/c1-10(2)11-8-20-7-5-12(11)21-13(19)4-6-18(3)9-14(15,16)17/h10-12H,4-9H2,1-3H3. The quantitative estimate of drug-likeness (QED) is 0.707. The summed E-state index contributed by atoms with van der Waals surface area (Å²) in [6.07, 6.45) is -3.83. The highest BCUT2D eigenvalue weighted by molar-refractivity contribution is 5.69. The molecule has 21 heavy (non-hydrogen) atoms. The molecule has 0 radical (unpaired) electrons. The molecule has 1 heterocycles. The molecule has 0 N–H and O–H groups in total. The molecule has 124 valence electrons. The normalized spacial score (nSPS) is 23.6. The second kappa shape index (κ2) is 7.98. The van der Waals surface area contributed by atoms with Gasteiger partial charge in [-0.25, -0.2) is 0 Å². The fourth-order valence-corrected chi connectivity index (χ4v) is 2.40. The maximum absolute atomic E-state index is 12.2. The van der Waals surface area contributed by atoms with Gasteiger partial charge in [-0.1, -0.05) is 13.8 Å². The summed E-state index contributed by atoms with van der Waals surface area (Å²) in [5.41, 5.74) is 0. The first-order valence-corrected chi connectivity index (χ1v) is 7.21. The minimum Gasteiger partial charge on any atom is -0.462 e. The van der Waals surface area contributed by atoms with Crippen molar-refractivity contribution >= 4 is 5.97 Å². The van der Waals surface area contributed by atoms with Gasteiger partial charge in [-0.3, -0.25) is 9.69 Å². The highest BCUT2D eigenvalue weighted by Crippen LogP contribution is 2.25. The predicted octanol–water partition coefficient (Wildman–Crippen LogP) is 2.47. The van der Waals surface area contributed by atoms with E-state index in [-0.39, 0.29) is 25.0 Å². The molecule has 0 aromatic heterocycles. The van der Waals surface area contributed by atoms with E-state index in [1.165, 1.54) is 7.05 Å². The molecule has 4 nitrogen and oxygen atoms in total. The summed E-state index contributed by atoms with van der Waals surface area (Å²) in [5, 5.41) is 0. The molecule has 0 amide bonds. The third kappa shape index (κ3) is 7.13. The maximum Gasteiger partial charge on any atom is 0.401 e. The number of hydrogen-bond donors (Lipinski definition) is 0. The van der Waals surface area contributed by atoms with Crippen LogP contribution in [0.5, 0.6) is 0 Å². The highest BCUT2D eigenvalue weighted by atomic mass is 19.4. The Kier molecular flexibility index (Phi) is 6.93. The maximum atomic E-state index is 12.2. The Hall–Kier alpha value is -0.820. The Morgan fingerprint density at radius 3 is 2.67 bits per heavy atom. The van der Waals surface area contributed by atoms with Crippen molar-refractivity contribution in [2.24, 2.45) is 11.8 Å². The lowest BCUT2D eigenvalue weighted by atomic mass is 9.88. The Morgan fingerprint density at radius 2 is 2.10 bits per heavy atom. The molecule has 0 bridgehead atoms. The Balaban J connectivity index is 2.35. The van der Waals surface area contributed by atoms with Gasteiger partial charge >= 0.3 is 12.1 Å². The number of carbonyl (C=O) groups excluding carboxylic acids is 1. The van der Waals surface area contributed by atoms with E-state index in [9.17, 15) is 18.0 Å². The zero-order valence-corrected chi connectivity index (χ0v) is 12.8. The van der Waals surface area contributed by atoms with Crippen LogP contribution in [0.4, 0.5) is 13.2 Å². The fraction of sp³-hybridized carbons (Fsp3) is 0.929. The van der Waals surface area contributed by atoms with E-state index < -0.39 is 18.7 Å². The first kappa shape index (κ1) is 18.2. The number of carbonyl (C=O) groups is 1. The molecule has 0 aromatic carbocycles. The van der Waals surface area contributed by atoms with E-state index in [1.807, 2.05) is 13.8 Å². The van der Waals surface area contributed by atoms with Gasteiger partial charge in [0.05, 0.1) is 26.2 Å². The summed E-state index contributed by atoms with van der Waals surface area (Å²) < 4.78 is 47.3. The van der Waals surface area contributed by atoms with Gasteiger partial charge in [0.15, 0.2) is 0 Å². The van der Waals surface area contributed by atoms with E-state index in [4.69, 9.17) is 9.47 Å². The van der Waals surface area contributed by atoms with Crippen molar-refractivity contribution in [3.05, 3.63) is 0 Å². The van der Waals surface area contributed by atoms with Crippen LogP contribution in [-0.2, 0) is 14.3 Å². The van der Waals surface area contributed by atoms with Crippen LogP contribution in [-0.4, -0.2) is 56.5 Å². The molecule has 1 aliphatic rings. The molecule has 0 aromatic rings. The van der Waals surface area contributed by atoms with Crippen molar-refractivity contribution < 1.29 is 27.4 Å². The van der Waals surface area contributed by atoms with Crippen LogP contribution >= 0.6 is 0 Å². The van der Waals surface area contributed by atoms with Crippen molar-refractivity contribution in [2.45, 2.75) is 39.0 Å². The van der Waals surface area contributed by atoms with Crippen LogP contribution in [0, 0.1) is 11.8 Å². The summed E-state index contributed by atoms with van der Waals surface area (Å²) in [5.74, 6) is 0.0354. The summed E-state index contributed by atoms with van der Waals surface area (Å²) in [4.78, 5) is 12.9. The van der Waals surface area contributed by atoms with Crippen LogP contribution in [0.2, 0.25) is 0 Å². The summed E-state index contributed by atoms with van der Waals surface area (Å²) >= 11 is 0. The van der Waals surface area contributed by atoms with Crippen molar-refractivity contribution in [3.63, 3.8) is 0 Å². The van der Waals surface area contributed by atoms with Gasteiger partial charge in [-0.05, 0) is 13.0 Å². The molecule has 1 aliphatic heterocycles. The number of rotatable bonds is 6. The average Bonchev–Trinajstić information content (AvgIpc) is 2.35. The lowest BCUT2D eigenvalue weighted by Crippen LogP contribution is -2.39. The molecule has 1 rings (SSSR count). The molecular formula is C14H24F3NO3. The fourth-order valence-electron chi connectivity index (χ4n) is 2.40. The zero-order chi connectivity index (χ0) is 16.0. The molecule has 0 aliphatic carbocycles. The van der Waals surface area contributed by atoms with E-state index in [0.29, 0.717) is 25.6 Å². The van der Waals surface area contributed by atoms with Gasteiger partial charge in [0.2, 0.25) is 0 Å². The van der Waals surface area contributed by atoms with Crippen molar-refractivity contribution in [3.8, 4) is 0 Å². The van der Waals surface area contributed by atoms with Gasteiger partial charge in [-0.15, -0.1) is 0 Å². The molecule has 7 heteroatoms. The number of halogens is 3. The lowest BCUT2D eigenvalue weighted by Gasteiger charge is -2.33. The third-order valence-corrected chi connectivity index (χ3v) is 3.62. The highest BCUT2D eigenvalue weighted by Gasteiger charge is 2.32. The van der Waals surface area contributed by atoms with Gasteiger partial charge < -0.3 is 9.47 Å². The number of ether oxygens (including phenoxy) is 2. The second-order valence-electron chi connectivity index (χ2n) is 5.90. The SMILES string of the molecule is CC(C)C1COCCC1OC(=O)CCN(C)CC(F)(F)F. The lowest BCUT2D eigenvalue weighted by molar-refractivity contribution is -0.162. The number of alkyl halides is 3. The number of hydrogen-bond acceptors (Lipinski definition) is 4. The monoisotopic (exact) mass is 311 g/mol. The van der Waals surface area contributed by atoms with Crippen molar-refractivity contribution in [1.29, 1.82) is 0 Å². The van der Waals surface area contributed by atoms with E-state index in [2.05, 4.69) is 0 Å². The molecule has 2 unspecified atom stereocenters. The Bertz CT molecular complexity index is 334. The van der Waals surface area contributed by atoms with Gasteiger partial charge in [-0.2, -0.15) is 13.2 Å². The smallest absolute Gasteiger partial charge is 0.401 e. The van der Waals surface area contributed by atoms with Crippen molar-refractivity contribution in [1.82, 2.24) is 4.90 Å². The van der Waals surface area contributed by atoms with Gasteiger partial charge in [0.25, 0.3) is 0 Å². The van der Waals surface area contributed by atoms with Crippen LogP contribution in [0.15, 0.2) is 0 Å². The summed E-state index contributed by atoms with van der Waals surface area (Å²) in [7, 11) is 1.34. The minimum atomic E-state index is -4.25. The summed E-state index contributed by atoms with van der Waals surface area (Å²) in [6, 6.07) is 0. The van der Waals surface area contributed by atoms with Crippen LogP contribution in [0.25, 0.3) is 0 Å².